The highest BCUT2D eigenvalue weighted by Crippen LogP contribution is 2.37. The van der Waals surface area contributed by atoms with Crippen molar-refractivity contribution >= 4 is 36.2 Å². The largest absolute Gasteiger partial charge is 0.395 e. The van der Waals surface area contributed by atoms with Gasteiger partial charge in [-0.1, -0.05) is 0 Å². The summed E-state index contributed by atoms with van der Waals surface area (Å²) in [6, 6.07) is 0. The Morgan fingerprint density at radius 2 is 2.11 bits per heavy atom. The summed E-state index contributed by atoms with van der Waals surface area (Å²) in [5.74, 6) is 0. The molecule has 0 saturated carbocycles. The van der Waals surface area contributed by atoms with Gasteiger partial charge >= 0.3 is 0 Å². The molecule has 0 aromatic heterocycles. The van der Waals surface area contributed by atoms with Crippen molar-refractivity contribution in [3.8, 4) is 0 Å². The molecule has 0 amide bonds. The molecule has 0 bridgehead atoms. The number of aliphatic hydroxyl groups is 1. The van der Waals surface area contributed by atoms with Gasteiger partial charge in [-0.2, -0.15) is 12.6 Å². The fourth-order valence-electron chi connectivity index (χ4n) is 0.519. The summed E-state index contributed by atoms with van der Waals surface area (Å²) >= 11 is 7.64. The van der Waals surface area contributed by atoms with Crippen molar-refractivity contribution in [2.45, 2.75) is 9.83 Å². The van der Waals surface area contributed by atoms with Gasteiger partial charge in [0, 0.05) is 5.25 Å². The molecule has 52 valence electrons. The van der Waals surface area contributed by atoms with E-state index in [9.17, 15) is 0 Å². The first-order valence-electron chi connectivity index (χ1n) is 2.59. The van der Waals surface area contributed by atoms with E-state index >= 15 is 0 Å². The second kappa shape index (κ2) is 3.81. The lowest BCUT2D eigenvalue weighted by atomic mass is 10.5. The summed E-state index contributed by atoms with van der Waals surface area (Å²) in [5, 5.41) is 12.8. The summed E-state index contributed by atoms with van der Waals surface area (Å²) < 4.78 is 0.415. The summed E-state index contributed by atoms with van der Waals surface area (Å²) in [5.41, 5.74) is 0. The Kier molecular flexibility index (Phi) is 3.32. The van der Waals surface area contributed by atoms with Crippen molar-refractivity contribution in [3.05, 3.63) is 10.8 Å². The van der Waals surface area contributed by atoms with Crippen LogP contribution in [0.15, 0.2) is 10.8 Å². The lowest BCUT2D eigenvalue weighted by Gasteiger charge is -2.12. The topological polar surface area (TPSA) is 20.2 Å². The predicted molar refractivity (Wildman–Crippen MR) is 48.0 cm³/mol. The Morgan fingerprint density at radius 3 is 2.56 bits per heavy atom. The molecule has 1 heterocycles. The van der Waals surface area contributed by atoms with E-state index in [1.165, 1.54) is 0 Å². The third-order valence-electron chi connectivity index (χ3n) is 0.982. The predicted octanol–water partition coefficient (Wildman–Crippen LogP) is 1.55. The van der Waals surface area contributed by atoms with E-state index in [1.54, 1.807) is 23.5 Å². The summed E-state index contributed by atoms with van der Waals surface area (Å²) in [6.07, 6.45) is 0. The molecule has 1 aliphatic heterocycles. The van der Waals surface area contributed by atoms with Crippen LogP contribution in [0.5, 0.6) is 0 Å². The quantitative estimate of drug-likeness (QED) is 0.629. The van der Waals surface area contributed by atoms with Crippen molar-refractivity contribution in [2.24, 2.45) is 0 Å². The van der Waals surface area contributed by atoms with Gasteiger partial charge in [-0.15, -0.1) is 23.5 Å². The van der Waals surface area contributed by atoms with Crippen molar-refractivity contribution in [1.82, 2.24) is 0 Å². The number of thioether (sulfide) groups is 2. The van der Waals surface area contributed by atoms with Crippen molar-refractivity contribution in [3.63, 3.8) is 0 Å². The van der Waals surface area contributed by atoms with Crippen LogP contribution in [0.2, 0.25) is 0 Å². The smallest absolute Gasteiger partial charge is 0.0723 e. The van der Waals surface area contributed by atoms with Gasteiger partial charge in [-0.3, -0.25) is 0 Å². The maximum absolute atomic E-state index is 8.66. The standard InChI is InChI=1S/C5H8OS3/c6-3-4(7)5-8-1-2-9-5/h1-2,4-7H,3H2. The molecule has 1 rings (SSSR count). The first kappa shape index (κ1) is 7.85. The van der Waals surface area contributed by atoms with E-state index in [-0.39, 0.29) is 11.9 Å². The van der Waals surface area contributed by atoms with Gasteiger partial charge < -0.3 is 5.11 Å². The van der Waals surface area contributed by atoms with Crippen LogP contribution in [0, 0.1) is 0 Å². The molecular weight excluding hydrogens is 172 g/mol. The minimum absolute atomic E-state index is 0.106. The monoisotopic (exact) mass is 180 g/mol. The van der Waals surface area contributed by atoms with Crippen LogP contribution in [0.25, 0.3) is 0 Å². The van der Waals surface area contributed by atoms with E-state index in [4.69, 9.17) is 5.11 Å². The Bertz CT molecular complexity index is 107. The zero-order valence-electron chi connectivity index (χ0n) is 4.73. The third-order valence-corrected chi connectivity index (χ3v) is 4.47. The first-order valence-corrected chi connectivity index (χ1v) is 4.99. The summed E-state index contributed by atoms with van der Waals surface area (Å²) in [7, 11) is 0. The second-order valence-corrected chi connectivity index (χ2v) is 4.73. The average Bonchev–Trinajstić information content (AvgIpc) is 2.37. The number of aliphatic hydroxyl groups excluding tert-OH is 1. The molecule has 1 atom stereocenters. The van der Waals surface area contributed by atoms with Crippen LogP contribution in [-0.4, -0.2) is 21.5 Å². The van der Waals surface area contributed by atoms with E-state index in [0.717, 1.165) is 0 Å². The molecule has 0 spiro atoms. The van der Waals surface area contributed by atoms with Crippen LogP contribution in [0.1, 0.15) is 0 Å². The molecule has 9 heavy (non-hydrogen) atoms. The lowest BCUT2D eigenvalue weighted by molar-refractivity contribution is 0.300. The number of hydrogen-bond acceptors (Lipinski definition) is 4. The van der Waals surface area contributed by atoms with E-state index in [1.807, 2.05) is 10.8 Å². The Balaban J connectivity index is 2.27. The minimum atomic E-state index is 0.106. The number of rotatable bonds is 2. The average molecular weight is 180 g/mol. The molecule has 0 aliphatic carbocycles. The fourth-order valence-corrected chi connectivity index (χ4v) is 2.94. The Labute approximate surface area is 68.7 Å². The third kappa shape index (κ3) is 2.11. The van der Waals surface area contributed by atoms with Crippen molar-refractivity contribution < 1.29 is 5.11 Å². The molecule has 1 nitrogen and oxygen atoms in total. The molecule has 1 aliphatic rings. The van der Waals surface area contributed by atoms with Crippen LogP contribution in [-0.2, 0) is 0 Å². The van der Waals surface area contributed by atoms with Crippen LogP contribution < -0.4 is 0 Å². The van der Waals surface area contributed by atoms with E-state index in [2.05, 4.69) is 12.6 Å². The summed E-state index contributed by atoms with van der Waals surface area (Å²) in [4.78, 5) is 0. The highest BCUT2D eigenvalue weighted by molar-refractivity contribution is 8.23. The second-order valence-electron chi connectivity index (χ2n) is 1.66. The van der Waals surface area contributed by atoms with Gasteiger partial charge in [-0.05, 0) is 10.8 Å². The number of hydrogen-bond donors (Lipinski definition) is 2. The SMILES string of the molecule is OCC(S)C1SC=CS1. The van der Waals surface area contributed by atoms with Gasteiger partial charge in [0.05, 0.1) is 11.2 Å². The highest BCUT2D eigenvalue weighted by atomic mass is 32.2. The molecule has 0 radical (unpaired) electrons. The van der Waals surface area contributed by atoms with Gasteiger partial charge in [-0.25, -0.2) is 0 Å². The minimum Gasteiger partial charge on any atom is -0.395 e. The Morgan fingerprint density at radius 1 is 1.56 bits per heavy atom. The molecular formula is C5H8OS3. The zero-order chi connectivity index (χ0) is 6.69. The highest BCUT2D eigenvalue weighted by Gasteiger charge is 2.19. The molecule has 0 aromatic carbocycles. The Hall–Kier alpha value is 0.750. The molecule has 0 saturated heterocycles. The maximum atomic E-state index is 8.66. The normalized spacial score (nSPS) is 22.9. The summed E-state index contributed by atoms with van der Waals surface area (Å²) in [6.45, 7) is 0.162. The first-order chi connectivity index (χ1) is 4.34. The van der Waals surface area contributed by atoms with Crippen LogP contribution in [0.3, 0.4) is 0 Å². The number of thiol groups is 1. The lowest BCUT2D eigenvalue weighted by Crippen LogP contribution is -2.15. The maximum Gasteiger partial charge on any atom is 0.0723 e. The molecule has 1 N–H and O–H groups in total. The van der Waals surface area contributed by atoms with E-state index < -0.39 is 0 Å². The van der Waals surface area contributed by atoms with Crippen LogP contribution >= 0.6 is 36.2 Å². The molecule has 0 fully saturated rings. The van der Waals surface area contributed by atoms with Gasteiger partial charge in [0.15, 0.2) is 0 Å². The van der Waals surface area contributed by atoms with Gasteiger partial charge in [0.25, 0.3) is 0 Å². The van der Waals surface area contributed by atoms with Gasteiger partial charge in [0.1, 0.15) is 0 Å². The zero-order valence-corrected chi connectivity index (χ0v) is 7.25. The van der Waals surface area contributed by atoms with Crippen molar-refractivity contribution in [1.29, 1.82) is 0 Å². The van der Waals surface area contributed by atoms with Gasteiger partial charge in [0.2, 0.25) is 0 Å². The van der Waals surface area contributed by atoms with Crippen molar-refractivity contribution in [2.75, 3.05) is 6.61 Å². The molecule has 4 heteroatoms. The fraction of sp³-hybridized carbons (Fsp3) is 0.600. The molecule has 0 aromatic rings. The van der Waals surface area contributed by atoms with E-state index in [0.29, 0.717) is 4.58 Å². The molecule has 1 unspecified atom stereocenters. The van der Waals surface area contributed by atoms with Crippen LogP contribution in [0.4, 0.5) is 0 Å².